The Morgan fingerprint density at radius 3 is 2.67 bits per heavy atom. The van der Waals surface area contributed by atoms with Gasteiger partial charge in [-0.05, 0) is 45.4 Å². The Labute approximate surface area is 110 Å². The van der Waals surface area contributed by atoms with E-state index in [0.717, 1.165) is 24.3 Å². The smallest absolute Gasteiger partial charge is 0.138 e. The van der Waals surface area contributed by atoms with Gasteiger partial charge in [0.05, 0.1) is 6.07 Å². The van der Waals surface area contributed by atoms with Crippen molar-refractivity contribution in [3.63, 3.8) is 0 Å². The average Bonchev–Trinajstić information content (AvgIpc) is 2.35. The lowest BCUT2D eigenvalue weighted by Crippen LogP contribution is -2.46. The molecule has 1 rings (SSSR count). The van der Waals surface area contributed by atoms with Crippen molar-refractivity contribution in [2.75, 3.05) is 13.2 Å². The highest BCUT2D eigenvalue weighted by molar-refractivity contribution is 5.35. The summed E-state index contributed by atoms with van der Waals surface area (Å²) in [6.07, 6.45) is 1.00. The van der Waals surface area contributed by atoms with Gasteiger partial charge in [-0.2, -0.15) is 5.26 Å². The fraction of sp³-hybridized carbons (Fsp3) is 0.533. The van der Waals surface area contributed by atoms with Crippen molar-refractivity contribution in [2.24, 2.45) is 0 Å². The van der Waals surface area contributed by atoms with Crippen LogP contribution in [0.2, 0.25) is 0 Å². The maximum Gasteiger partial charge on any atom is 0.138 e. The van der Waals surface area contributed by atoms with Crippen LogP contribution in [0.1, 0.15) is 31.4 Å². The highest BCUT2D eigenvalue weighted by atomic mass is 16.5. The van der Waals surface area contributed by atoms with Crippen molar-refractivity contribution in [2.45, 2.75) is 39.7 Å². The van der Waals surface area contributed by atoms with Gasteiger partial charge in [-0.1, -0.05) is 24.6 Å². The molecule has 0 aliphatic carbocycles. The molecule has 1 aromatic rings. The fourth-order valence-corrected chi connectivity index (χ4v) is 1.71. The van der Waals surface area contributed by atoms with E-state index in [2.05, 4.69) is 31.3 Å². The summed E-state index contributed by atoms with van der Waals surface area (Å²) in [6, 6.07) is 8.34. The van der Waals surface area contributed by atoms with Gasteiger partial charge in [-0.3, -0.25) is 5.32 Å². The molecule has 3 nitrogen and oxygen atoms in total. The third kappa shape index (κ3) is 4.05. The zero-order valence-corrected chi connectivity index (χ0v) is 11.7. The minimum atomic E-state index is -0.632. The van der Waals surface area contributed by atoms with Gasteiger partial charge in [0.25, 0.3) is 0 Å². The summed E-state index contributed by atoms with van der Waals surface area (Å²) in [5.41, 5.74) is 1.69. The quantitative estimate of drug-likeness (QED) is 0.839. The van der Waals surface area contributed by atoms with E-state index in [1.54, 1.807) is 0 Å². The zero-order chi connectivity index (χ0) is 13.6. The van der Waals surface area contributed by atoms with Crippen LogP contribution in [0, 0.1) is 25.2 Å². The molecule has 0 amide bonds. The number of rotatable bonds is 6. The molecule has 3 heteroatoms. The number of aryl methyl sites for hydroxylation is 2. The number of hydrogen-bond acceptors (Lipinski definition) is 3. The van der Waals surface area contributed by atoms with E-state index in [1.165, 1.54) is 5.56 Å². The molecule has 98 valence electrons. The van der Waals surface area contributed by atoms with Crippen LogP contribution in [0.5, 0.6) is 5.75 Å². The molecule has 0 aliphatic heterocycles. The van der Waals surface area contributed by atoms with Crippen molar-refractivity contribution in [3.05, 3.63) is 29.3 Å². The van der Waals surface area contributed by atoms with Crippen molar-refractivity contribution in [3.8, 4) is 11.8 Å². The summed E-state index contributed by atoms with van der Waals surface area (Å²) in [5, 5.41) is 12.4. The van der Waals surface area contributed by atoms with Crippen LogP contribution < -0.4 is 10.1 Å². The van der Waals surface area contributed by atoms with E-state index < -0.39 is 5.54 Å². The molecule has 0 spiro atoms. The van der Waals surface area contributed by atoms with Crippen LogP contribution in [0.15, 0.2) is 18.2 Å². The normalized spacial score (nSPS) is 13.7. The van der Waals surface area contributed by atoms with Gasteiger partial charge >= 0.3 is 0 Å². The summed E-state index contributed by atoms with van der Waals surface area (Å²) >= 11 is 0. The number of ether oxygens (including phenoxy) is 1. The number of nitriles is 1. The van der Waals surface area contributed by atoms with E-state index in [0.29, 0.717) is 6.61 Å². The van der Waals surface area contributed by atoms with Crippen molar-refractivity contribution < 1.29 is 4.74 Å². The van der Waals surface area contributed by atoms with Gasteiger partial charge in [0.2, 0.25) is 0 Å². The number of benzene rings is 1. The van der Waals surface area contributed by atoms with Gasteiger partial charge in [-0.25, -0.2) is 0 Å². The third-order valence-corrected chi connectivity index (χ3v) is 2.86. The molecule has 0 saturated carbocycles. The molecular weight excluding hydrogens is 224 g/mol. The average molecular weight is 246 g/mol. The van der Waals surface area contributed by atoms with Gasteiger partial charge in [0.15, 0.2) is 0 Å². The molecule has 1 aromatic carbocycles. The first-order valence-corrected chi connectivity index (χ1v) is 6.37. The minimum Gasteiger partial charge on any atom is -0.490 e. The minimum absolute atomic E-state index is 0.355. The van der Waals surface area contributed by atoms with Crippen molar-refractivity contribution in [1.82, 2.24) is 5.32 Å². The van der Waals surface area contributed by atoms with Crippen LogP contribution in [0.3, 0.4) is 0 Å². The predicted octanol–water partition coefficient (Wildman–Crippen LogP) is 2.96. The van der Waals surface area contributed by atoms with E-state index in [-0.39, 0.29) is 0 Å². The van der Waals surface area contributed by atoms with Crippen LogP contribution in [-0.2, 0) is 0 Å². The lowest BCUT2D eigenvalue weighted by molar-refractivity contribution is 0.233. The first-order valence-electron chi connectivity index (χ1n) is 6.37. The first kappa shape index (κ1) is 14.5. The Bertz CT molecular complexity index is 437. The number of hydrogen-bond donors (Lipinski definition) is 1. The monoisotopic (exact) mass is 246 g/mol. The Kier molecular flexibility index (Phi) is 5.18. The summed E-state index contributed by atoms with van der Waals surface area (Å²) in [4.78, 5) is 0. The molecule has 1 N–H and O–H groups in total. The fourth-order valence-electron chi connectivity index (χ4n) is 1.71. The second-order valence-corrected chi connectivity index (χ2v) is 4.93. The maximum absolute atomic E-state index is 9.21. The Morgan fingerprint density at radius 1 is 1.39 bits per heavy atom. The van der Waals surface area contributed by atoms with Crippen LogP contribution >= 0.6 is 0 Å². The summed E-state index contributed by atoms with van der Waals surface area (Å²) < 4.78 is 5.76. The van der Waals surface area contributed by atoms with E-state index in [1.807, 2.05) is 26.0 Å². The van der Waals surface area contributed by atoms with Crippen molar-refractivity contribution in [1.29, 1.82) is 5.26 Å². The van der Waals surface area contributed by atoms with Gasteiger partial charge < -0.3 is 4.74 Å². The molecule has 0 saturated heterocycles. The Morgan fingerprint density at radius 2 is 2.11 bits per heavy atom. The zero-order valence-electron chi connectivity index (χ0n) is 11.7. The largest absolute Gasteiger partial charge is 0.490 e. The topological polar surface area (TPSA) is 45.0 Å². The SMILES string of the molecule is CCCNC(C)(C#N)COc1ccc(C)cc1C. The van der Waals surface area contributed by atoms with Crippen LogP contribution in [-0.4, -0.2) is 18.7 Å². The molecule has 0 aromatic heterocycles. The third-order valence-electron chi connectivity index (χ3n) is 2.86. The van der Waals surface area contributed by atoms with Crippen LogP contribution in [0.4, 0.5) is 0 Å². The Hall–Kier alpha value is -1.53. The van der Waals surface area contributed by atoms with E-state index in [4.69, 9.17) is 4.74 Å². The molecule has 0 aliphatic rings. The van der Waals surface area contributed by atoms with Gasteiger partial charge in [0.1, 0.15) is 17.9 Å². The molecule has 0 heterocycles. The second-order valence-electron chi connectivity index (χ2n) is 4.93. The number of nitrogens with one attached hydrogen (secondary N) is 1. The summed E-state index contributed by atoms with van der Waals surface area (Å²) in [7, 11) is 0. The van der Waals surface area contributed by atoms with Gasteiger partial charge in [0, 0.05) is 0 Å². The highest BCUT2D eigenvalue weighted by Crippen LogP contribution is 2.20. The molecule has 18 heavy (non-hydrogen) atoms. The van der Waals surface area contributed by atoms with Crippen LogP contribution in [0.25, 0.3) is 0 Å². The van der Waals surface area contributed by atoms with E-state index >= 15 is 0 Å². The number of nitrogens with zero attached hydrogens (tertiary/aromatic N) is 1. The molecule has 0 bridgehead atoms. The predicted molar refractivity (Wildman–Crippen MR) is 73.7 cm³/mol. The molecular formula is C15H22N2O. The van der Waals surface area contributed by atoms with Gasteiger partial charge in [-0.15, -0.1) is 0 Å². The molecule has 1 atom stereocenters. The van der Waals surface area contributed by atoms with E-state index in [9.17, 15) is 5.26 Å². The van der Waals surface area contributed by atoms with Crippen molar-refractivity contribution >= 4 is 0 Å². The standard InChI is InChI=1S/C15H22N2O/c1-5-8-17-15(4,10-16)11-18-14-7-6-12(2)9-13(14)3/h6-7,9,17H,5,8,11H2,1-4H3. The second kappa shape index (κ2) is 6.42. The Balaban J connectivity index is 2.65. The maximum atomic E-state index is 9.21. The highest BCUT2D eigenvalue weighted by Gasteiger charge is 2.23. The lowest BCUT2D eigenvalue weighted by Gasteiger charge is -2.23. The first-order chi connectivity index (χ1) is 8.50. The summed E-state index contributed by atoms with van der Waals surface area (Å²) in [5.74, 6) is 0.848. The summed E-state index contributed by atoms with van der Waals surface area (Å²) in [6.45, 7) is 9.19. The molecule has 1 unspecified atom stereocenters. The molecule has 0 radical (unpaired) electrons. The molecule has 0 fully saturated rings. The lowest BCUT2D eigenvalue weighted by atomic mass is 10.1.